The number of aromatic nitrogens is 2. The van der Waals surface area contributed by atoms with E-state index in [0.717, 1.165) is 55.6 Å². The molecule has 6 atom stereocenters. The third-order valence-corrected chi connectivity index (χ3v) is 9.86. The molecule has 3 aliphatic heterocycles. The van der Waals surface area contributed by atoms with Crippen molar-refractivity contribution in [2.24, 2.45) is 11.8 Å². The number of hydrogen-bond acceptors (Lipinski definition) is 3. The van der Waals surface area contributed by atoms with E-state index in [2.05, 4.69) is 52.5 Å². The van der Waals surface area contributed by atoms with Crippen LogP contribution in [0.3, 0.4) is 0 Å². The number of Topliss-reactive ketones (excluding diaryl/α,β-unsaturated/α-hetero) is 1. The van der Waals surface area contributed by atoms with Gasteiger partial charge in [-0.15, -0.1) is 51.7 Å². The Hall–Kier alpha value is -2.48. The Morgan fingerprint density at radius 2 is 1.76 bits per heavy atom. The van der Waals surface area contributed by atoms with Crippen molar-refractivity contribution >= 4 is 41.6 Å². The molecule has 0 spiro atoms. The van der Waals surface area contributed by atoms with Crippen LogP contribution in [0.5, 0.6) is 0 Å². The van der Waals surface area contributed by atoms with Crippen molar-refractivity contribution < 1.29 is 42.0 Å². The van der Waals surface area contributed by atoms with Gasteiger partial charge in [-0.2, -0.15) is 0 Å². The summed E-state index contributed by atoms with van der Waals surface area (Å²) in [5.74, 6) is 0.0988. The third kappa shape index (κ3) is 4.95. The number of esters is 1. The average molecular weight is 751 g/mol. The summed E-state index contributed by atoms with van der Waals surface area (Å²) in [6.45, 7) is 14.7. The van der Waals surface area contributed by atoms with Crippen molar-refractivity contribution in [2.45, 2.75) is 84.5 Å². The number of hydrogen-bond donors (Lipinski definition) is 0. The van der Waals surface area contributed by atoms with Gasteiger partial charge in [0.25, 0.3) is 0 Å². The Kier molecular flexibility index (Phi) is 8.76. The zero-order valence-corrected chi connectivity index (χ0v) is 31.0. The molecule has 1 aliphatic carbocycles. The number of methoxy groups -OCH3 is 1. The van der Waals surface area contributed by atoms with Crippen molar-refractivity contribution in [3.05, 3.63) is 72.0 Å². The molecule has 1 saturated heterocycles. The monoisotopic (exact) mass is 752 g/mol. The zero-order chi connectivity index (χ0) is 29.2. The van der Waals surface area contributed by atoms with Gasteiger partial charge in [0.2, 0.25) is 0 Å². The summed E-state index contributed by atoms with van der Waals surface area (Å²) in [7, 11) is 1.42. The number of carbonyl (C=O) groups is 2. The van der Waals surface area contributed by atoms with Crippen LogP contribution in [-0.2, 0) is 37.2 Å². The van der Waals surface area contributed by atoms with E-state index in [-0.39, 0.29) is 75.4 Å². The van der Waals surface area contributed by atoms with Crippen LogP contribution in [0.2, 0.25) is 0 Å². The molecule has 2 aromatic heterocycles. The Morgan fingerprint density at radius 3 is 2.45 bits per heavy atom. The zero-order valence-electron chi connectivity index (χ0n) is 25.5. The molecule has 42 heavy (non-hydrogen) atoms. The Morgan fingerprint density at radius 1 is 1.05 bits per heavy atom. The van der Waals surface area contributed by atoms with Crippen molar-refractivity contribution in [2.75, 3.05) is 7.11 Å². The van der Waals surface area contributed by atoms with Crippen LogP contribution in [0.25, 0.3) is 40.5 Å². The Labute approximate surface area is 267 Å². The van der Waals surface area contributed by atoms with Crippen LogP contribution < -0.4 is 31.4 Å². The fourth-order valence-corrected chi connectivity index (χ4v) is 7.42. The molecule has 2 aromatic rings. The van der Waals surface area contributed by atoms with E-state index in [4.69, 9.17) is 25.3 Å². The fraction of sp³-hybridized carbons (Fsp3) is 0.471. The summed E-state index contributed by atoms with van der Waals surface area (Å²) in [5.41, 5.74) is 7.27. The molecular weight excluding hydrogens is 713 g/mol. The molecule has 5 heterocycles. The predicted molar refractivity (Wildman–Crippen MR) is 162 cm³/mol. The van der Waals surface area contributed by atoms with Gasteiger partial charge in [-0.3, -0.25) is 9.59 Å². The van der Waals surface area contributed by atoms with E-state index in [0.29, 0.717) is 19.3 Å². The Balaban J connectivity index is 0.00000353. The first kappa shape index (κ1) is 31.0. The average Bonchev–Trinajstić information content (AvgIpc) is 3.70. The predicted octanol–water partition coefficient (Wildman–Crippen LogP) is 2.83. The first-order chi connectivity index (χ1) is 19.7. The number of nitrogens with zero attached hydrogens (tertiary/aromatic N) is 4. The summed E-state index contributed by atoms with van der Waals surface area (Å²) < 4.78 is 4.97. The summed E-state index contributed by atoms with van der Waals surface area (Å²) in [5, 5.41) is 13.9. The molecule has 7 nitrogen and oxygen atoms in total. The van der Waals surface area contributed by atoms with Crippen molar-refractivity contribution in [3.63, 3.8) is 0 Å². The van der Waals surface area contributed by atoms with Crippen LogP contribution in [0.4, 0.5) is 0 Å². The van der Waals surface area contributed by atoms with Gasteiger partial charge in [-0.25, -0.2) is 0 Å². The molecule has 8 heteroatoms. The van der Waals surface area contributed by atoms with Gasteiger partial charge in [0.1, 0.15) is 0 Å². The minimum absolute atomic E-state index is 0. The summed E-state index contributed by atoms with van der Waals surface area (Å²) in [4.78, 5) is 35.8. The van der Waals surface area contributed by atoms with E-state index in [1.807, 2.05) is 13.0 Å². The molecule has 0 radical (unpaired) electrons. The summed E-state index contributed by atoms with van der Waals surface area (Å²) in [6.07, 6.45) is 10.5. The van der Waals surface area contributed by atoms with Gasteiger partial charge in [0.05, 0.1) is 7.11 Å². The van der Waals surface area contributed by atoms with Crippen LogP contribution >= 0.6 is 0 Å². The minimum atomic E-state index is -0.229. The molecule has 0 saturated carbocycles. The molecule has 4 aliphatic rings. The number of fused-ring (bicyclic) bond motifs is 8. The van der Waals surface area contributed by atoms with Gasteiger partial charge in [-0.05, 0) is 39.2 Å². The van der Waals surface area contributed by atoms with E-state index >= 15 is 0 Å². The van der Waals surface area contributed by atoms with Crippen molar-refractivity contribution in [3.8, 4) is 0 Å². The molecule has 218 valence electrons. The smallest absolute Gasteiger partial charge is 0.305 e. The molecule has 0 amide bonds. The SMILES string of the molecule is C=Cc1c(C)/c2[n-]/c1=C\C1[N-]C(/C=c3\[n-]c4c(c3C)C(=O)CC=4C3[N-]C(\C=2)C(C)C3CCC(=O)OC)C(CC)=C1C.[Hg]. The fourth-order valence-electron chi connectivity index (χ4n) is 7.42. The second-order valence-electron chi connectivity index (χ2n) is 11.9. The molecule has 0 N–H and O–H groups in total. The van der Waals surface area contributed by atoms with E-state index in [1.165, 1.54) is 18.3 Å². The maximum Gasteiger partial charge on any atom is 0.305 e. The van der Waals surface area contributed by atoms with E-state index in [1.54, 1.807) is 0 Å². The summed E-state index contributed by atoms with van der Waals surface area (Å²) in [6, 6.07) is -0.514. The van der Waals surface area contributed by atoms with E-state index in [9.17, 15) is 9.59 Å². The van der Waals surface area contributed by atoms with Crippen molar-refractivity contribution in [1.29, 1.82) is 0 Å². The second kappa shape index (κ2) is 11.9. The van der Waals surface area contributed by atoms with Gasteiger partial charge < -0.3 is 25.3 Å². The molecular formula is C34H38HgN4O3-4. The first-order valence-electron chi connectivity index (χ1n) is 14.7. The minimum Gasteiger partial charge on any atom is -0.658 e. The van der Waals surface area contributed by atoms with Crippen LogP contribution in [-0.4, -0.2) is 43.0 Å². The molecule has 1 fully saturated rings. The molecule has 8 bridgehead atoms. The maximum atomic E-state index is 13.4. The van der Waals surface area contributed by atoms with E-state index < -0.39 is 0 Å². The standard InChI is InChI=1S/C34H38N4O3.Hg/c1-8-20-16(3)24-13-26-18(5)22(10-11-31(40)41-7)33(37-26)23-12-30(39)32-19(6)27(38-34(23)32)15-29-21(9-2)17(4)25(36-29)14-28(20)35-24;/h8,13-15,18,22,25-26,29,33H,1,9-12H2,2-7H3;/q-4;/b24-13-,27-15-,28-14-;. The molecule has 0 aromatic carbocycles. The number of rotatable bonds is 5. The van der Waals surface area contributed by atoms with Crippen molar-refractivity contribution in [1.82, 2.24) is 9.97 Å². The quantitative estimate of drug-likeness (QED) is 0.266. The maximum absolute atomic E-state index is 13.4. The van der Waals surface area contributed by atoms with Crippen LogP contribution in [0.15, 0.2) is 17.7 Å². The molecule has 6 unspecified atom stereocenters. The van der Waals surface area contributed by atoms with Gasteiger partial charge >= 0.3 is 5.97 Å². The third-order valence-electron chi connectivity index (χ3n) is 9.86. The summed E-state index contributed by atoms with van der Waals surface area (Å²) >= 11 is 0. The topological polar surface area (TPSA) is 99.8 Å². The van der Waals surface area contributed by atoms with Gasteiger partial charge in [0, 0.05) is 46.1 Å². The number of carbonyl (C=O) groups excluding carboxylic acids is 2. The first-order valence-corrected chi connectivity index (χ1v) is 14.7. The number of ketones is 1. The molecule has 6 rings (SSSR count). The van der Waals surface area contributed by atoms with Gasteiger partial charge in [-0.1, -0.05) is 78.3 Å². The van der Waals surface area contributed by atoms with Crippen LogP contribution in [0.1, 0.15) is 73.5 Å². The Bertz CT molecular complexity index is 1740. The van der Waals surface area contributed by atoms with Gasteiger partial charge in [0.15, 0.2) is 5.78 Å². The number of ether oxygens (including phenoxy) is 1. The van der Waals surface area contributed by atoms with Crippen LogP contribution in [0, 0.1) is 25.7 Å². The normalized spacial score (nSPS) is 30.2. The largest absolute Gasteiger partial charge is 0.658 e. The second-order valence-corrected chi connectivity index (χ2v) is 11.9.